The molecule has 1 rings (SSSR count). The molecule has 0 aliphatic rings. The Hall–Kier alpha value is -1.88. The van der Waals surface area contributed by atoms with E-state index >= 15 is 0 Å². The fraction of sp³-hybridized carbons (Fsp3) is 0.111. The molecule has 0 spiro atoms. The van der Waals surface area contributed by atoms with Gasteiger partial charge in [-0.15, -0.1) is 0 Å². The number of benzene rings is 1. The van der Waals surface area contributed by atoms with Gasteiger partial charge >= 0.3 is 5.97 Å². The summed E-state index contributed by atoms with van der Waals surface area (Å²) in [5.74, 6) is -1.42. The molecule has 0 aromatic heterocycles. The molecule has 76 valence electrons. The van der Waals surface area contributed by atoms with Crippen LogP contribution in [0.25, 0.3) is 0 Å². The van der Waals surface area contributed by atoms with Crippen LogP contribution in [-0.2, 0) is 4.79 Å². The molecule has 0 fully saturated rings. The van der Waals surface area contributed by atoms with Crippen LogP contribution < -0.4 is 11.5 Å². The van der Waals surface area contributed by atoms with Gasteiger partial charge in [0.1, 0.15) is 6.54 Å². The number of rotatable bonds is 3. The summed E-state index contributed by atoms with van der Waals surface area (Å²) < 4.78 is 0. The number of hydrogen-bond acceptors (Lipinski definition) is 3. The van der Waals surface area contributed by atoms with Crippen molar-refractivity contribution in [2.24, 2.45) is 0 Å². The van der Waals surface area contributed by atoms with Crippen LogP contribution in [0.1, 0.15) is 10.4 Å². The van der Waals surface area contributed by atoms with Crippen LogP contribution in [0.15, 0.2) is 30.3 Å². The second-order valence-corrected chi connectivity index (χ2v) is 2.44. The SMILES string of the molecule is N.O=C(O)CNC(=O)c1ccccc1. The number of carboxylic acids is 1. The molecule has 5 heteroatoms. The summed E-state index contributed by atoms with van der Waals surface area (Å²) in [6.45, 7) is -0.353. The van der Waals surface area contributed by atoms with E-state index in [1.807, 2.05) is 0 Å². The first-order valence-corrected chi connectivity index (χ1v) is 3.75. The Labute approximate surface area is 81.3 Å². The second-order valence-electron chi connectivity index (χ2n) is 2.44. The molecule has 5 N–H and O–H groups in total. The second kappa shape index (κ2) is 5.71. The van der Waals surface area contributed by atoms with Gasteiger partial charge in [0.05, 0.1) is 0 Å². The van der Waals surface area contributed by atoms with Gasteiger partial charge < -0.3 is 16.6 Å². The summed E-state index contributed by atoms with van der Waals surface area (Å²) >= 11 is 0. The maximum Gasteiger partial charge on any atom is 0.322 e. The van der Waals surface area contributed by atoms with Crippen molar-refractivity contribution in [3.8, 4) is 0 Å². The molecule has 0 unspecified atom stereocenters. The van der Waals surface area contributed by atoms with E-state index in [2.05, 4.69) is 5.32 Å². The zero-order valence-electron chi connectivity index (χ0n) is 7.56. The summed E-state index contributed by atoms with van der Waals surface area (Å²) in [6, 6.07) is 8.47. The van der Waals surface area contributed by atoms with E-state index in [0.29, 0.717) is 5.56 Å². The van der Waals surface area contributed by atoms with Gasteiger partial charge in [-0.2, -0.15) is 0 Å². The van der Waals surface area contributed by atoms with Crippen molar-refractivity contribution >= 4 is 11.9 Å². The first-order chi connectivity index (χ1) is 6.20. The minimum atomic E-state index is -1.05. The Balaban J connectivity index is 0.00000169. The molecule has 0 radical (unpaired) electrons. The molecule has 1 aromatic carbocycles. The highest BCUT2D eigenvalue weighted by molar-refractivity contribution is 5.95. The highest BCUT2D eigenvalue weighted by atomic mass is 16.4. The van der Waals surface area contributed by atoms with E-state index in [0.717, 1.165) is 0 Å². The van der Waals surface area contributed by atoms with E-state index < -0.39 is 5.97 Å². The number of hydrogen-bond donors (Lipinski definition) is 3. The van der Waals surface area contributed by atoms with Gasteiger partial charge in [-0.25, -0.2) is 0 Å². The highest BCUT2D eigenvalue weighted by Gasteiger charge is 2.04. The summed E-state index contributed by atoms with van der Waals surface area (Å²) in [6.07, 6.45) is 0. The molecule has 0 atom stereocenters. The molecule has 0 heterocycles. The minimum Gasteiger partial charge on any atom is -0.480 e. The number of nitrogens with one attached hydrogen (secondary N) is 1. The van der Waals surface area contributed by atoms with Crippen molar-refractivity contribution in [1.29, 1.82) is 0 Å². The van der Waals surface area contributed by atoms with Gasteiger partial charge in [-0.1, -0.05) is 18.2 Å². The van der Waals surface area contributed by atoms with Crippen molar-refractivity contribution in [3.05, 3.63) is 35.9 Å². The van der Waals surface area contributed by atoms with E-state index in [9.17, 15) is 9.59 Å². The fourth-order valence-electron chi connectivity index (χ4n) is 0.847. The Morgan fingerprint density at radius 3 is 2.29 bits per heavy atom. The van der Waals surface area contributed by atoms with Crippen molar-refractivity contribution in [2.75, 3.05) is 6.54 Å². The van der Waals surface area contributed by atoms with Gasteiger partial charge in [0.15, 0.2) is 0 Å². The molecule has 0 aliphatic heterocycles. The van der Waals surface area contributed by atoms with Gasteiger partial charge in [0.25, 0.3) is 5.91 Å². The molecular formula is C9H12N2O3. The third-order valence-corrected chi connectivity index (χ3v) is 1.44. The van der Waals surface area contributed by atoms with Crippen molar-refractivity contribution in [1.82, 2.24) is 11.5 Å². The number of carboxylic acid groups (broad SMARTS) is 1. The predicted molar refractivity (Wildman–Crippen MR) is 51.4 cm³/mol. The monoisotopic (exact) mass is 196 g/mol. The van der Waals surface area contributed by atoms with Crippen LogP contribution >= 0.6 is 0 Å². The minimum absolute atomic E-state index is 0. The van der Waals surface area contributed by atoms with Gasteiger partial charge in [-0.3, -0.25) is 9.59 Å². The quantitative estimate of drug-likeness (QED) is 0.660. The maximum atomic E-state index is 11.2. The van der Waals surface area contributed by atoms with Crippen molar-refractivity contribution in [2.45, 2.75) is 0 Å². The van der Waals surface area contributed by atoms with Crippen molar-refractivity contribution < 1.29 is 14.7 Å². The van der Waals surface area contributed by atoms with E-state index in [1.54, 1.807) is 30.3 Å². The van der Waals surface area contributed by atoms with Crippen LogP contribution in [0.5, 0.6) is 0 Å². The highest BCUT2D eigenvalue weighted by Crippen LogP contribution is 1.96. The third-order valence-electron chi connectivity index (χ3n) is 1.44. The smallest absolute Gasteiger partial charge is 0.322 e. The largest absolute Gasteiger partial charge is 0.480 e. The average Bonchev–Trinajstić information content (AvgIpc) is 2.15. The molecular weight excluding hydrogens is 184 g/mol. The molecule has 14 heavy (non-hydrogen) atoms. The van der Waals surface area contributed by atoms with Crippen molar-refractivity contribution in [3.63, 3.8) is 0 Å². The summed E-state index contributed by atoms with van der Waals surface area (Å²) in [5, 5.41) is 10.6. The molecule has 0 saturated carbocycles. The lowest BCUT2D eigenvalue weighted by molar-refractivity contribution is -0.135. The van der Waals surface area contributed by atoms with E-state index in [4.69, 9.17) is 5.11 Å². The molecule has 0 saturated heterocycles. The molecule has 0 bridgehead atoms. The zero-order chi connectivity index (χ0) is 9.68. The third kappa shape index (κ3) is 3.68. The average molecular weight is 196 g/mol. The van der Waals surface area contributed by atoms with Crippen LogP contribution in [0.4, 0.5) is 0 Å². The van der Waals surface area contributed by atoms with E-state index in [1.165, 1.54) is 0 Å². The maximum absolute atomic E-state index is 11.2. The predicted octanol–water partition coefficient (Wildman–Crippen LogP) is 0.663. The number of amides is 1. The van der Waals surface area contributed by atoms with Crippen LogP contribution in [0, 0.1) is 0 Å². The molecule has 1 amide bonds. The lowest BCUT2D eigenvalue weighted by Crippen LogP contribution is -2.29. The normalized spacial score (nSPS) is 8.57. The van der Waals surface area contributed by atoms with Gasteiger partial charge in [-0.05, 0) is 12.1 Å². The number of carbonyl (C=O) groups is 2. The topological polar surface area (TPSA) is 101 Å². The first-order valence-electron chi connectivity index (χ1n) is 3.75. The molecule has 5 nitrogen and oxygen atoms in total. The van der Waals surface area contributed by atoms with Gasteiger partial charge in [0.2, 0.25) is 0 Å². The van der Waals surface area contributed by atoms with Gasteiger partial charge in [0, 0.05) is 5.56 Å². The first kappa shape index (κ1) is 12.1. The Morgan fingerprint density at radius 2 is 1.79 bits per heavy atom. The number of carbonyl (C=O) groups excluding carboxylic acids is 1. The number of aliphatic carboxylic acids is 1. The molecule has 0 aliphatic carbocycles. The van der Waals surface area contributed by atoms with E-state index in [-0.39, 0.29) is 18.6 Å². The summed E-state index contributed by atoms with van der Waals surface area (Å²) in [5.41, 5.74) is 0.462. The standard InChI is InChI=1S/C9H9NO3.H3N/c11-8(12)6-10-9(13)7-4-2-1-3-5-7;/h1-5H,6H2,(H,10,13)(H,11,12);1H3. The Bertz CT molecular complexity index is 311. The summed E-state index contributed by atoms with van der Waals surface area (Å²) in [7, 11) is 0. The zero-order valence-corrected chi connectivity index (χ0v) is 7.56. The lowest BCUT2D eigenvalue weighted by Gasteiger charge is -2.00. The fourth-order valence-corrected chi connectivity index (χ4v) is 0.847. The Morgan fingerprint density at radius 1 is 1.21 bits per heavy atom. The Kier molecular flexibility index (Phi) is 4.95. The van der Waals surface area contributed by atoms with Crippen LogP contribution in [0.2, 0.25) is 0 Å². The van der Waals surface area contributed by atoms with Crippen LogP contribution in [-0.4, -0.2) is 23.5 Å². The molecule has 1 aromatic rings. The lowest BCUT2D eigenvalue weighted by atomic mass is 10.2. The summed E-state index contributed by atoms with van der Waals surface area (Å²) in [4.78, 5) is 21.3. The van der Waals surface area contributed by atoms with Crippen LogP contribution in [0.3, 0.4) is 0 Å².